The second kappa shape index (κ2) is 5.35. The van der Waals surface area contributed by atoms with Crippen LogP contribution in [0.2, 0.25) is 0 Å². The third kappa shape index (κ3) is 2.71. The van der Waals surface area contributed by atoms with Crippen molar-refractivity contribution in [2.45, 2.75) is 19.6 Å². The molecule has 1 aliphatic heterocycles. The third-order valence-electron chi connectivity index (χ3n) is 2.46. The minimum atomic E-state index is 0. The molecule has 1 unspecified atom stereocenters. The summed E-state index contributed by atoms with van der Waals surface area (Å²) in [5.41, 5.74) is 2.72. The van der Waals surface area contributed by atoms with Gasteiger partial charge in [0.25, 0.3) is 0 Å². The Kier molecular flexibility index (Phi) is 4.39. The van der Waals surface area contributed by atoms with Gasteiger partial charge in [-0.1, -0.05) is 24.3 Å². The fourth-order valence-corrected chi connectivity index (χ4v) is 1.65. The number of hydrogen-bond acceptors (Lipinski definition) is 2. The maximum Gasteiger partial charge on any atom is 0.112 e. The summed E-state index contributed by atoms with van der Waals surface area (Å²) in [6.07, 6.45) is 1.20. The molecule has 1 saturated heterocycles. The van der Waals surface area contributed by atoms with Crippen LogP contribution < -0.4 is 5.32 Å². The standard InChI is InChI=1S/C11H15NO.ClH/c1-9-4-2-3-5-10(9)8-11-12-6-7-13-11;/h2-5,11-12H,6-8H2,1H3;1H. The van der Waals surface area contributed by atoms with E-state index in [9.17, 15) is 0 Å². The number of ether oxygens (including phenoxy) is 1. The number of hydrogen-bond donors (Lipinski definition) is 1. The maximum absolute atomic E-state index is 5.50. The first kappa shape index (κ1) is 11.5. The van der Waals surface area contributed by atoms with E-state index in [0.717, 1.165) is 19.6 Å². The first-order valence-corrected chi connectivity index (χ1v) is 4.76. The van der Waals surface area contributed by atoms with Gasteiger partial charge in [0.1, 0.15) is 6.23 Å². The second-order valence-corrected chi connectivity index (χ2v) is 3.44. The summed E-state index contributed by atoms with van der Waals surface area (Å²) in [5.74, 6) is 0. The zero-order chi connectivity index (χ0) is 9.10. The van der Waals surface area contributed by atoms with E-state index in [2.05, 4.69) is 36.5 Å². The van der Waals surface area contributed by atoms with E-state index in [4.69, 9.17) is 4.74 Å². The number of nitrogens with one attached hydrogen (secondary N) is 1. The van der Waals surface area contributed by atoms with Crippen molar-refractivity contribution < 1.29 is 4.74 Å². The molecule has 2 rings (SSSR count). The molecule has 0 bridgehead atoms. The van der Waals surface area contributed by atoms with Crippen molar-refractivity contribution in [3.63, 3.8) is 0 Å². The summed E-state index contributed by atoms with van der Waals surface area (Å²) in [6, 6.07) is 8.46. The molecule has 3 heteroatoms. The Labute approximate surface area is 91.1 Å². The molecule has 1 N–H and O–H groups in total. The van der Waals surface area contributed by atoms with Crippen LogP contribution in [0.15, 0.2) is 24.3 Å². The van der Waals surface area contributed by atoms with Crippen molar-refractivity contribution >= 4 is 12.4 Å². The van der Waals surface area contributed by atoms with Gasteiger partial charge in [-0.15, -0.1) is 12.4 Å². The summed E-state index contributed by atoms with van der Waals surface area (Å²) in [7, 11) is 0. The Morgan fingerprint density at radius 3 is 2.86 bits per heavy atom. The van der Waals surface area contributed by atoms with Gasteiger partial charge in [0.05, 0.1) is 6.61 Å². The molecule has 1 aliphatic rings. The molecule has 78 valence electrons. The van der Waals surface area contributed by atoms with Crippen LogP contribution in [0.4, 0.5) is 0 Å². The Morgan fingerprint density at radius 2 is 2.21 bits per heavy atom. The van der Waals surface area contributed by atoms with Gasteiger partial charge in [0, 0.05) is 13.0 Å². The first-order chi connectivity index (χ1) is 6.36. The van der Waals surface area contributed by atoms with E-state index in [-0.39, 0.29) is 18.6 Å². The minimum Gasteiger partial charge on any atom is -0.362 e. The summed E-state index contributed by atoms with van der Waals surface area (Å²) in [5, 5.41) is 3.31. The van der Waals surface area contributed by atoms with Gasteiger partial charge in [-0.2, -0.15) is 0 Å². The van der Waals surface area contributed by atoms with Crippen LogP contribution in [0.1, 0.15) is 11.1 Å². The second-order valence-electron chi connectivity index (χ2n) is 3.44. The van der Waals surface area contributed by atoms with Crippen LogP contribution in [0.3, 0.4) is 0 Å². The molecule has 1 atom stereocenters. The van der Waals surface area contributed by atoms with Gasteiger partial charge in [-0.05, 0) is 18.1 Å². The Hall–Kier alpha value is -0.570. The third-order valence-corrected chi connectivity index (χ3v) is 2.46. The highest BCUT2D eigenvalue weighted by Gasteiger charge is 2.15. The highest BCUT2D eigenvalue weighted by molar-refractivity contribution is 5.85. The van der Waals surface area contributed by atoms with Gasteiger partial charge < -0.3 is 4.74 Å². The van der Waals surface area contributed by atoms with Crippen molar-refractivity contribution in [3.8, 4) is 0 Å². The summed E-state index contributed by atoms with van der Waals surface area (Å²) < 4.78 is 5.50. The fourth-order valence-electron chi connectivity index (χ4n) is 1.65. The van der Waals surface area contributed by atoms with Crippen LogP contribution in [0, 0.1) is 6.92 Å². The molecule has 1 fully saturated rings. The van der Waals surface area contributed by atoms with Crippen molar-refractivity contribution in [1.82, 2.24) is 5.32 Å². The van der Waals surface area contributed by atoms with Crippen molar-refractivity contribution in [2.24, 2.45) is 0 Å². The molecule has 0 amide bonds. The van der Waals surface area contributed by atoms with E-state index < -0.39 is 0 Å². The van der Waals surface area contributed by atoms with E-state index in [1.54, 1.807) is 0 Å². The van der Waals surface area contributed by atoms with Crippen LogP contribution >= 0.6 is 12.4 Å². The smallest absolute Gasteiger partial charge is 0.112 e. The monoisotopic (exact) mass is 213 g/mol. The lowest BCUT2D eigenvalue weighted by Crippen LogP contribution is -2.25. The average Bonchev–Trinajstić information content (AvgIpc) is 2.61. The number of halogens is 1. The predicted octanol–water partition coefficient (Wildman–Crippen LogP) is 1.91. The SMILES string of the molecule is Cc1ccccc1CC1NCCO1.Cl. The zero-order valence-electron chi connectivity index (χ0n) is 8.32. The molecule has 2 nitrogen and oxygen atoms in total. The summed E-state index contributed by atoms with van der Waals surface area (Å²) >= 11 is 0. The van der Waals surface area contributed by atoms with E-state index >= 15 is 0 Å². The number of aryl methyl sites for hydroxylation is 1. The predicted molar refractivity (Wildman–Crippen MR) is 59.9 cm³/mol. The summed E-state index contributed by atoms with van der Waals surface area (Å²) in [6.45, 7) is 3.97. The van der Waals surface area contributed by atoms with Gasteiger partial charge in [-0.3, -0.25) is 5.32 Å². The molecule has 0 aromatic heterocycles. The molecular formula is C11H16ClNO. The normalized spacial score (nSPS) is 20.5. The first-order valence-electron chi connectivity index (χ1n) is 4.76. The molecule has 1 aromatic rings. The van der Waals surface area contributed by atoms with Gasteiger partial charge >= 0.3 is 0 Å². The molecular weight excluding hydrogens is 198 g/mol. The molecule has 0 radical (unpaired) electrons. The lowest BCUT2D eigenvalue weighted by Gasteiger charge is -2.11. The van der Waals surface area contributed by atoms with E-state index in [1.165, 1.54) is 11.1 Å². The molecule has 0 spiro atoms. The highest BCUT2D eigenvalue weighted by Crippen LogP contribution is 2.11. The van der Waals surface area contributed by atoms with Crippen molar-refractivity contribution in [1.29, 1.82) is 0 Å². The molecule has 0 aliphatic carbocycles. The van der Waals surface area contributed by atoms with Gasteiger partial charge in [-0.25, -0.2) is 0 Å². The quantitative estimate of drug-likeness (QED) is 0.811. The Morgan fingerprint density at radius 1 is 1.43 bits per heavy atom. The largest absolute Gasteiger partial charge is 0.362 e. The minimum absolute atomic E-state index is 0. The van der Waals surface area contributed by atoms with Crippen LogP contribution in [0.25, 0.3) is 0 Å². The Balaban J connectivity index is 0.000000980. The van der Waals surface area contributed by atoms with Crippen LogP contribution in [-0.4, -0.2) is 19.4 Å². The lowest BCUT2D eigenvalue weighted by atomic mass is 10.1. The van der Waals surface area contributed by atoms with Crippen molar-refractivity contribution in [3.05, 3.63) is 35.4 Å². The van der Waals surface area contributed by atoms with Gasteiger partial charge in [0.15, 0.2) is 0 Å². The topological polar surface area (TPSA) is 21.3 Å². The van der Waals surface area contributed by atoms with Crippen LogP contribution in [0.5, 0.6) is 0 Å². The molecule has 1 heterocycles. The maximum atomic E-state index is 5.50. The Bertz CT molecular complexity index is 284. The van der Waals surface area contributed by atoms with E-state index in [1.807, 2.05) is 0 Å². The number of rotatable bonds is 2. The van der Waals surface area contributed by atoms with Gasteiger partial charge in [0.2, 0.25) is 0 Å². The fraction of sp³-hybridized carbons (Fsp3) is 0.455. The zero-order valence-corrected chi connectivity index (χ0v) is 9.14. The number of benzene rings is 1. The molecule has 1 aromatic carbocycles. The van der Waals surface area contributed by atoms with Crippen molar-refractivity contribution in [2.75, 3.05) is 13.2 Å². The highest BCUT2D eigenvalue weighted by atomic mass is 35.5. The lowest BCUT2D eigenvalue weighted by molar-refractivity contribution is 0.102. The average molecular weight is 214 g/mol. The molecule has 0 saturated carbocycles. The molecule has 14 heavy (non-hydrogen) atoms. The van der Waals surface area contributed by atoms with E-state index in [0.29, 0.717) is 0 Å². The van der Waals surface area contributed by atoms with Crippen LogP contribution in [-0.2, 0) is 11.2 Å². The summed E-state index contributed by atoms with van der Waals surface area (Å²) in [4.78, 5) is 0.